The van der Waals surface area contributed by atoms with Crippen LogP contribution in [0.1, 0.15) is 25.3 Å². The van der Waals surface area contributed by atoms with E-state index in [2.05, 4.69) is 35.3 Å². The van der Waals surface area contributed by atoms with Gasteiger partial charge in [-0.3, -0.25) is 4.99 Å². The zero-order valence-corrected chi connectivity index (χ0v) is 20.2. The number of aryl methyl sites for hydroxylation is 1. The molecule has 160 valence electrons. The Morgan fingerprint density at radius 2 is 1.93 bits per heavy atom. The molecule has 9 heteroatoms. The number of fused-ring (bicyclic) bond motifs is 1. The van der Waals surface area contributed by atoms with Crippen LogP contribution < -0.4 is 5.32 Å². The van der Waals surface area contributed by atoms with Crippen LogP contribution in [0.5, 0.6) is 0 Å². The van der Waals surface area contributed by atoms with Gasteiger partial charge in [-0.25, -0.2) is 9.78 Å². The summed E-state index contributed by atoms with van der Waals surface area (Å²) in [7, 11) is 0. The summed E-state index contributed by atoms with van der Waals surface area (Å²) in [5.74, 6) is 0.926. The summed E-state index contributed by atoms with van der Waals surface area (Å²) < 4.78 is 6.33. The van der Waals surface area contributed by atoms with E-state index in [0.29, 0.717) is 19.7 Å². The molecule has 0 atom stereocenters. The van der Waals surface area contributed by atoms with Gasteiger partial charge in [-0.05, 0) is 32.4 Å². The quantitative estimate of drug-likeness (QED) is 0.267. The Kier molecular flexibility index (Phi) is 9.92. The Morgan fingerprint density at radius 3 is 2.62 bits per heavy atom. The van der Waals surface area contributed by atoms with Gasteiger partial charge in [0.2, 0.25) is 0 Å². The number of para-hydroxylation sites is 1. The monoisotopic (exact) mass is 531 g/mol. The third kappa shape index (κ3) is 6.70. The molecule has 0 unspecified atom stereocenters. The molecule has 2 aromatic rings. The predicted molar refractivity (Wildman–Crippen MR) is 130 cm³/mol. The van der Waals surface area contributed by atoms with Crippen molar-refractivity contribution >= 4 is 57.6 Å². The Balaban J connectivity index is 0.00000300. The van der Waals surface area contributed by atoms with E-state index < -0.39 is 0 Å². The Morgan fingerprint density at radius 1 is 1.21 bits per heavy atom. The zero-order valence-electron chi connectivity index (χ0n) is 17.1. The Labute approximate surface area is 193 Å². The fourth-order valence-electron chi connectivity index (χ4n) is 3.18. The molecule has 0 aliphatic carbocycles. The number of nitrogens with zero attached hydrogens (tertiary/aromatic N) is 4. The van der Waals surface area contributed by atoms with Crippen LogP contribution in [-0.2, 0) is 11.2 Å². The molecule has 0 spiro atoms. The predicted octanol–water partition coefficient (Wildman–Crippen LogP) is 3.59. The molecule has 29 heavy (non-hydrogen) atoms. The molecule has 2 heterocycles. The normalized spacial score (nSPS) is 14.6. The van der Waals surface area contributed by atoms with Crippen molar-refractivity contribution in [2.24, 2.45) is 4.99 Å². The molecule has 3 rings (SSSR count). The number of hydrogen-bond acceptors (Lipinski definition) is 5. The molecular formula is C20H30IN5O2S. The van der Waals surface area contributed by atoms with Crippen molar-refractivity contribution in [2.45, 2.75) is 26.7 Å². The highest BCUT2D eigenvalue weighted by molar-refractivity contribution is 14.0. The number of aromatic nitrogens is 1. The number of carbonyl (C=O) groups excluding carboxylic acids is 1. The van der Waals surface area contributed by atoms with Crippen molar-refractivity contribution in [1.29, 1.82) is 0 Å². The highest BCUT2D eigenvalue weighted by Gasteiger charge is 2.23. The zero-order chi connectivity index (χ0) is 19.8. The van der Waals surface area contributed by atoms with Crippen LogP contribution >= 0.6 is 35.3 Å². The van der Waals surface area contributed by atoms with Crippen molar-refractivity contribution in [3.8, 4) is 0 Å². The minimum atomic E-state index is -0.222. The first-order chi connectivity index (χ1) is 13.7. The number of ether oxygens (including phenoxy) is 1. The fourth-order valence-corrected chi connectivity index (χ4v) is 4.19. The van der Waals surface area contributed by atoms with Gasteiger partial charge in [-0.1, -0.05) is 12.1 Å². The summed E-state index contributed by atoms with van der Waals surface area (Å²) in [5, 5.41) is 4.54. The smallest absolute Gasteiger partial charge is 0.409 e. The number of piperazine rings is 1. The molecule has 0 radical (unpaired) electrons. The highest BCUT2D eigenvalue weighted by Crippen LogP contribution is 2.22. The third-order valence-corrected chi connectivity index (χ3v) is 5.68. The standard InChI is InChI=1S/C20H29N5O2S.HI/c1-3-21-19(24-12-14-25(15-13-24)20(26)27-4-2)22-11-7-10-18-23-16-8-5-6-9-17(16)28-18;/h5-6,8-9H,3-4,7,10-15H2,1-2H3,(H,21,22);1H. The van der Waals surface area contributed by atoms with Crippen LogP contribution in [0.15, 0.2) is 29.3 Å². The summed E-state index contributed by atoms with van der Waals surface area (Å²) in [5.41, 5.74) is 1.08. The molecule has 1 aliphatic heterocycles. The topological polar surface area (TPSA) is 70.1 Å². The van der Waals surface area contributed by atoms with Crippen LogP contribution in [0, 0.1) is 0 Å². The number of rotatable bonds is 6. The van der Waals surface area contributed by atoms with Gasteiger partial charge in [-0.2, -0.15) is 0 Å². The first-order valence-electron chi connectivity index (χ1n) is 10.0. The van der Waals surface area contributed by atoms with Gasteiger partial charge < -0.3 is 19.9 Å². The number of hydrogen-bond donors (Lipinski definition) is 1. The second-order valence-electron chi connectivity index (χ2n) is 6.59. The van der Waals surface area contributed by atoms with E-state index in [1.54, 1.807) is 16.2 Å². The van der Waals surface area contributed by atoms with Crippen LogP contribution in [0.2, 0.25) is 0 Å². The van der Waals surface area contributed by atoms with Crippen molar-refractivity contribution < 1.29 is 9.53 Å². The molecule has 1 aromatic heterocycles. The summed E-state index contributed by atoms with van der Waals surface area (Å²) in [6.07, 6.45) is 1.69. The number of aliphatic imine (C=N–C) groups is 1. The molecule has 1 aliphatic rings. The average Bonchev–Trinajstić information content (AvgIpc) is 3.13. The van der Waals surface area contributed by atoms with Gasteiger partial charge in [0.25, 0.3) is 0 Å². The summed E-state index contributed by atoms with van der Waals surface area (Å²) in [4.78, 5) is 25.3. The number of carbonyl (C=O) groups is 1. The second kappa shape index (κ2) is 12.2. The number of benzene rings is 1. The third-order valence-electron chi connectivity index (χ3n) is 4.59. The summed E-state index contributed by atoms with van der Waals surface area (Å²) >= 11 is 1.77. The van der Waals surface area contributed by atoms with Crippen LogP contribution in [0.4, 0.5) is 4.79 Å². The van der Waals surface area contributed by atoms with Crippen molar-refractivity contribution in [3.63, 3.8) is 0 Å². The molecule has 1 aromatic carbocycles. The van der Waals surface area contributed by atoms with Gasteiger partial charge in [0.15, 0.2) is 5.96 Å². The van der Waals surface area contributed by atoms with Crippen LogP contribution in [0.25, 0.3) is 10.2 Å². The molecule has 0 bridgehead atoms. The van der Waals surface area contributed by atoms with Gasteiger partial charge in [0, 0.05) is 45.7 Å². The van der Waals surface area contributed by atoms with Gasteiger partial charge in [-0.15, -0.1) is 35.3 Å². The minimum Gasteiger partial charge on any atom is -0.450 e. The summed E-state index contributed by atoms with van der Waals surface area (Å²) in [6.45, 7) is 8.77. The average molecular weight is 531 g/mol. The first kappa shape index (κ1) is 23.7. The van der Waals surface area contributed by atoms with E-state index >= 15 is 0 Å². The maximum Gasteiger partial charge on any atom is 0.409 e. The largest absolute Gasteiger partial charge is 0.450 e. The highest BCUT2D eigenvalue weighted by atomic mass is 127. The van der Waals surface area contributed by atoms with Crippen molar-refractivity contribution in [2.75, 3.05) is 45.9 Å². The fraction of sp³-hybridized carbons (Fsp3) is 0.550. The number of guanidine groups is 1. The van der Waals surface area contributed by atoms with E-state index in [1.807, 2.05) is 13.0 Å². The maximum atomic E-state index is 11.8. The Hall–Kier alpha value is -1.62. The van der Waals surface area contributed by atoms with Gasteiger partial charge in [0.05, 0.1) is 21.8 Å². The van der Waals surface area contributed by atoms with Crippen LogP contribution in [0.3, 0.4) is 0 Å². The molecule has 0 saturated carbocycles. The van der Waals surface area contributed by atoms with E-state index in [1.165, 1.54) is 9.71 Å². The molecule has 1 fully saturated rings. The lowest BCUT2D eigenvalue weighted by Gasteiger charge is -2.35. The Bertz CT molecular complexity index is 772. The lowest BCUT2D eigenvalue weighted by Crippen LogP contribution is -2.53. The van der Waals surface area contributed by atoms with Crippen LogP contribution in [-0.4, -0.2) is 72.7 Å². The lowest BCUT2D eigenvalue weighted by atomic mass is 10.3. The van der Waals surface area contributed by atoms with Crippen molar-refractivity contribution in [3.05, 3.63) is 29.3 Å². The van der Waals surface area contributed by atoms with Gasteiger partial charge >= 0.3 is 6.09 Å². The molecule has 1 saturated heterocycles. The molecular weight excluding hydrogens is 501 g/mol. The van der Waals surface area contributed by atoms with E-state index in [-0.39, 0.29) is 30.1 Å². The molecule has 1 amide bonds. The van der Waals surface area contributed by atoms with E-state index in [4.69, 9.17) is 14.7 Å². The number of halogens is 1. The number of thiazole rings is 1. The maximum absolute atomic E-state index is 11.8. The number of amides is 1. The first-order valence-corrected chi connectivity index (χ1v) is 10.8. The van der Waals surface area contributed by atoms with E-state index in [9.17, 15) is 4.79 Å². The SMILES string of the molecule is CCNC(=NCCCc1nc2ccccc2s1)N1CCN(C(=O)OCC)CC1.I. The number of nitrogens with one attached hydrogen (secondary N) is 1. The molecule has 7 nitrogen and oxygen atoms in total. The second-order valence-corrected chi connectivity index (χ2v) is 7.70. The van der Waals surface area contributed by atoms with Crippen molar-refractivity contribution in [1.82, 2.24) is 20.1 Å². The minimum absolute atomic E-state index is 0. The van der Waals surface area contributed by atoms with E-state index in [0.717, 1.165) is 50.5 Å². The molecule has 1 N–H and O–H groups in total. The lowest BCUT2D eigenvalue weighted by molar-refractivity contribution is 0.0914. The summed E-state index contributed by atoms with van der Waals surface area (Å²) in [6, 6.07) is 8.26. The van der Waals surface area contributed by atoms with Gasteiger partial charge in [0.1, 0.15) is 0 Å².